The molecule has 0 fully saturated rings. The van der Waals surface area contributed by atoms with Gasteiger partial charge in [-0.05, 0) is 74.1 Å². The van der Waals surface area contributed by atoms with Crippen LogP contribution in [0.15, 0.2) is 54.1 Å². The van der Waals surface area contributed by atoms with E-state index in [4.69, 9.17) is 6.42 Å². The van der Waals surface area contributed by atoms with Crippen LogP contribution in [-0.4, -0.2) is 37.1 Å². The van der Waals surface area contributed by atoms with E-state index in [-0.39, 0.29) is 23.5 Å². The third-order valence-corrected chi connectivity index (χ3v) is 6.84. The van der Waals surface area contributed by atoms with Crippen molar-refractivity contribution in [1.82, 2.24) is 4.90 Å². The zero-order chi connectivity index (χ0) is 25.3. The third-order valence-electron chi connectivity index (χ3n) is 6.84. The number of allylic oxidation sites excluding steroid dienone is 4. The Bertz CT molecular complexity index is 1100. The van der Waals surface area contributed by atoms with Gasteiger partial charge in [0.05, 0.1) is 0 Å². The van der Waals surface area contributed by atoms with Gasteiger partial charge in [-0.1, -0.05) is 76.1 Å². The molecular formula is C31H39NO2. The SMILES string of the molecule is C#Cc1ccc2cc(C(C)C(C)C=C/C(=C\C)C(=O)C(C)CCN(C)CCC)ccc2c1C=O. The van der Waals surface area contributed by atoms with Gasteiger partial charge in [-0.25, -0.2) is 0 Å². The lowest BCUT2D eigenvalue weighted by Gasteiger charge is -2.19. The van der Waals surface area contributed by atoms with E-state index in [0.29, 0.717) is 11.1 Å². The molecule has 180 valence electrons. The molecule has 3 heteroatoms. The van der Waals surface area contributed by atoms with Gasteiger partial charge in [0.25, 0.3) is 0 Å². The van der Waals surface area contributed by atoms with E-state index in [1.807, 2.05) is 44.2 Å². The summed E-state index contributed by atoms with van der Waals surface area (Å²) < 4.78 is 0. The lowest BCUT2D eigenvalue weighted by atomic mass is 9.86. The number of fused-ring (bicyclic) bond motifs is 1. The molecule has 3 atom stereocenters. The first-order valence-electron chi connectivity index (χ1n) is 12.3. The fraction of sp³-hybridized carbons (Fsp3) is 0.419. The molecule has 0 aromatic heterocycles. The lowest BCUT2D eigenvalue weighted by molar-refractivity contribution is -0.118. The zero-order valence-electron chi connectivity index (χ0n) is 21.6. The van der Waals surface area contributed by atoms with Crippen molar-refractivity contribution in [3.63, 3.8) is 0 Å². The molecule has 0 saturated heterocycles. The Kier molecular flexibility index (Phi) is 10.5. The molecule has 0 aliphatic heterocycles. The minimum absolute atomic E-state index is 0.00305. The molecule has 0 heterocycles. The van der Waals surface area contributed by atoms with Crippen LogP contribution in [0.25, 0.3) is 10.8 Å². The van der Waals surface area contributed by atoms with Crippen LogP contribution in [0, 0.1) is 24.2 Å². The maximum absolute atomic E-state index is 13.0. The van der Waals surface area contributed by atoms with Crippen molar-refractivity contribution in [1.29, 1.82) is 0 Å². The third kappa shape index (κ3) is 6.78. The summed E-state index contributed by atoms with van der Waals surface area (Å²) in [6, 6.07) is 9.99. The van der Waals surface area contributed by atoms with Gasteiger partial charge in [0.1, 0.15) is 0 Å². The van der Waals surface area contributed by atoms with Crippen molar-refractivity contribution in [2.45, 2.75) is 53.4 Å². The predicted octanol–water partition coefficient (Wildman–Crippen LogP) is 6.81. The van der Waals surface area contributed by atoms with Gasteiger partial charge in [0.15, 0.2) is 12.1 Å². The lowest BCUT2D eigenvalue weighted by Crippen LogP contribution is -2.24. The van der Waals surface area contributed by atoms with E-state index in [2.05, 4.69) is 56.8 Å². The molecular weight excluding hydrogens is 418 g/mol. The number of nitrogens with zero attached hydrogens (tertiary/aromatic N) is 1. The van der Waals surface area contributed by atoms with Gasteiger partial charge in [-0.15, -0.1) is 6.42 Å². The van der Waals surface area contributed by atoms with Gasteiger partial charge >= 0.3 is 0 Å². The smallest absolute Gasteiger partial charge is 0.165 e. The number of terminal acetylenes is 1. The summed E-state index contributed by atoms with van der Waals surface area (Å²) in [4.78, 5) is 26.8. The maximum atomic E-state index is 13.0. The molecule has 2 aromatic carbocycles. The van der Waals surface area contributed by atoms with Crippen LogP contribution in [0.5, 0.6) is 0 Å². The number of aldehydes is 1. The quantitative estimate of drug-likeness (QED) is 0.152. The first-order valence-corrected chi connectivity index (χ1v) is 12.3. The highest BCUT2D eigenvalue weighted by molar-refractivity contribution is 6.01. The predicted molar refractivity (Wildman–Crippen MR) is 144 cm³/mol. The molecule has 2 aromatic rings. The molecule has 2 rings (SSSR count). The first-order chi connectivity index (χ1) is 16.3. The summed E-state index contributed by atoms with van der Waals surface area (Å²) in [5.74, 6) is 3.29. The fourth-order valence-electron chi connectivity index (χ4n) is 4.28. The Balaban J connectivity index is 2.12. The Morgan fingerprint density at radius 3 is 2.50 bits per heavy atom. The van der Waals surface area contributed by atoms with Crippen LogP contribution in [-0.2, 0) is 4.79 Å². The van der Waals surface area contributed by atoms with E-state index in [1.165, 1.54) is 5.56 Å². The van der Waals surface area contributed by atoms with Crippen LogP contribution in [0.4, 0.5) is 0 Å². The normalized spacial score (nSPS) is 14.8. The molecule has 0 bridgehead atoms. The van der Waals surface area contributed by atoms with Gasteiger partial charge in [-0.3, -0.25) is 9.59 Å². The highest BCUT2D eigenvalue weighted by atomic mass is 16.1. The van der Waals surface area contributed by atoms with E-state index in [9.17, 15) is 9.59 Å². The molecule has 0 aliphatic carbocycles. The fourth-order valence-corrected chi connectivity index (χ4v) is 4.28. The van der Waals surface area contributed by atoms with E-state index >= 15 is 0 Å². The Labute approximate surface area is 205 Å². The topological polar surface area (TPSA) is 37.4 Å². The zero-order valence-corrected chi connectivity index (χ0v) is 21.6. The molecule has 0 amide bonds. The van der Waals surface area contributed by atoms with Gasteiger partial charge in [0.2, 0.25) is 0 Å². The second-order valence-electron chi connectivity index (χ2n) is 9.38. The number of hydrogen-bond acceptors (Lipinski definition) is 3. The van der Waals surface area contributed by atoms with Crippen molar-refractivity contribution in [3.05, 3.63) is 70.8 Å². The summed E-state index contributed by atoms with van der Waals surface area (Å²) in [5, 5.41) is 1.89. The van der Waals surface area contributed by atoms with E-state index in [0.717, 1.165) is 48.6 Å². The molecule has 0 N–H and O–H groups in total. The summed E-state index contributed by atoms with van der Waals surface area (Å²) in [6.07, 6.45) is 14.4. The van der Waals surface area contributed by atoms with Crippen molar-refractivity contribution >= 4 is 22.8 Å². The Morgan fingerprint density at radius 2 is 1.88 bits per heavy atom. The van der Waals surface area contributed by atoms with Crippen LogP contribution >= 0.6 is 0 Å². The van der Waals surface area contributed by atoms with Crippen LogP contribution in [0.2, 0.25) is 0 Å². The second-order valence-corrected chi connectivity index (χ2v) is 9.38. The number of carbonyl (C=O) groups excluding carboxylic acids is 2. The van der Waals surface area contributed by atoms with E-state index < -0.39 is 0 Å². The molecule has 34 heavy (non-hydrogen) atoms. The Hall–Kier alpha value is -2.96. The summed E-state index contributed by atoms with van der Waals surface area (Å²) in [7, 11) is 2.11. The van der Waals surface area contributed by atoms with E-state index in [1.54, 1.807) is 0 Å². The molecule has 0 aliphatic rings. The summed E-state index contributed by atoms with van der Waals surface area (Å²) >= 11 is 0. The Morgan fingerprint density at radius 1 is 1.15 bits per heavy atom. The maximum Gasteiger partial charge on any atom is 0.165 e. The minimum atomic E-state index is 0.00305. The van der Waals surface area contributed by atoms with Crippen LogP contribution in [0.1, 0.15) is 74.9 Å². The summed E-state index contributed by atoms with van der Waals surface area (Å²) in [6.45, 7) is 12.5. The van der Waals surface area contributed by atoms with Crippen molar-refractivity contribution in [2.75, 3.05) is 20.1 Å². The number of ketones is 1. The van der Waals surface area contributed by atoms with Gasteiger partial charge in [0, 0.05) is 22.6 Å². The average molecular weight is 458 g/mol. The molecule has 0 saturated carbocycles. The van der Waals surface area contributed by atoms with Crippen LogP contribution < -0.4 is 0 Å². The first kappa shape index (κ1) is 27.3. The highest BCUT2D eigenvalue weighted by Crippen LogP contribution is 2.30. The van der Waals surface area contributed by atoms with Crippen molar-refractivity contribution in [2.24, 2.45) is 11.8 Å². The van der Waals surface area contributed by atoms with Crippen molar-refractivity contribution < 1.29 is 9.59 Å². The van der Waals surface area contributed by atoms with Gasteiger partial charge < -0.3 is 4.90 Å². The number of Topliss-reactive ketones (excluding diaryl/α,β-unsaturated/α-hetero) is 1. The second kappa shape index (κ2) is 13.1. The number of carbonyl (C=O) groups is 2. The van der Waals surface area contributed by atoms with Gasteiger partial charge in [-0.2, -0.15) is 0 Å². The number of rotatable bonds is 12. The largest absolute Gasteiger partial charge is 0.306 e. The highest BCUT2D eigenvalue weighted by Gasteiger charge is 2.18. The minimum Gasteiger partial charge on any atom is -0.306 e. The monoisotopic (exact) mass is 457 g/mol. The van der Waals surface area contributed by atoms with Crippen molar-refractivity contribution in [3.8, 4) is 12.3 Å². The van der Waals surface area contributed by atoms with Crippen LogP contribution in [0.3, 0.4) is 0 Å². The molecule has 3 unspecified atom stereocenters. The molecule has 0 radical (unpaired) electrons. The number of hydrogen-bond donors (Lipinski definition) is 0. The average Bonchev–Trinajstić information content (AvgIpc) is 2.85. The standard InChI is InChI=1S/C31H39NO2/c1-8-18-32(7)19-17-23(5)31(34)26(10-3)12-11-22(4)24(6)27-15-16-29-28(20-27)14-13-25(9-2)30(29)21-33/h2,10-16,20-24H,8,17-19H2,1,3-7H3/b12-11?,26-10+. The summed E-state index contributed by atoms with van der Waals surface area (Å²) in [5.41, 5.74) is 3.16. The molecule has 0 spiro atoms. The number of benzene rings is 2. The molecule has 3 nitrogen and oxygen atoms in total.